The number of nitrogens with one attached hydrogen (secondary N) is 2. The zero-order valence-electron chi connectivity index (χ0n) is 19.8. The highest BCUT2D eigenvalue weighted by molar-refractivity contribution is 5.95. The molecule has 0 saturated heterocycles. The summed E-state index contributed by atoms with van der Waals surface area (Å²) < 4.78 is 2.02. The first-order chi connectivity index (χ1) is 16.4. The van der Waals surface area contributed by atoms with E-state index in [-0.39, 0.29) is 0 Å². The Hall–Kier alpha value is -4.39. The first kappa shape index (κ1) is 21.5. The van der Waals surface area contributed by atoms with Gasteiger partial charge in [-0.1, -0.05) is 18.7 Å². The van der Waals surface area contributed by atoms with E-state index < -0.39 is 0 Å². The Morgan fingerprint density at radius 2 is 1.94 bits per heavy atom. The van der Waals surface area contributed by atoms with Crippen LogP contribution in [0.3, 0.4) is 0 Å². The van der Waals surface area contributed by atoms with Crippen LogP contribution >= 0.6 is 0 Å². The molecule has 7 heteroatoms. The Morgan fingerprint density at radius 1 is 1.09 bits per heavy atom. The summed E-state index contributed by atoms with van der Waals surface area (Å²) in [7, 11) is 4.03. The minimum absolute atomic E-state index is 0.877. The number of allylic oxidation sites excluding steroid dienone is 2. The SMILES string of the molecule is C=C/C=C(\c1cc(-c2n[nH]c3ccc(-c4cncc(N(C)C)c4)cc23)[nH]c1C)n1cnc(C)c1. The number of hydrogen-bond acceptors (Lipinski definition) is 4. The van der Waals surface area contributed by atoms with Crippen LogP contribution in [-0.4, -0.2) is 43.8 Å². The minimum atomic E-state index is 0.877. The maximum Gasteiger partial charge on any atom is 0.116 e. The molecule has 2 N–H and O–H groups in total. The number of imidazole rings is 1. The third kappa shape index (κ3) is 3.81. The van der Waals surface area contributed by atoms with Gasteiger partial charge in [0.15, 0.2) is 0 Å². The molecule has 4 aromatic heterocycles. The monoisotopic (exact) mass is 449 g/mol. The largest absolute Gasteiger partial charge is 0.376 e. The summed E-state index contributed by atoms with van der Waals surface area (Å²) in [5.74, 6) is 0. The van der Waals surface area contributed by atoms with Gasteiger partial charge in [0, 0.05) is 48.7 Å². The van der Waals surface area contributed by atoms with E-state index in [1.165, 1.54) is 0 Å². The van der Waals surface area contributed by atoms with Crippen molar-refractivity contribution in [2.24, 2.45) is 0 Å². The van der Waals surface area contributed by atoms with Crippen LogP contribution in [0.2, 0.25) is 0 Å². The number of aryl methyl sites for hydroxylation is 2. The number of rotatable bonds is 6. The molecule has 0 spiro atoms. The maximum atomic E-state index is 4.64. The van der Waals surface area contributed by atoms with Gasteiger partial charge < -0.3 is 14.5 Å². The second kappa shape index (κ2) is 8.51. The Balaban J connectivity index is 1.59. The molecule has 0 saturated carbocycles. The van der Waals surface area contributed by atoms with Gasteiger partial charge in [-0.05, 0) is 49.8 Å². The van der Waals surface area contributed by atoms with Crippen LogP contribution in [0.25, 0.3) is 39.1 Å². The number of aromatic amines is 2. The molecule has 1 aromatic carbocycles. The molecular formula is C27H27N7. The lowest BCUT2D eigenvalue weighted by Gasteiger charge is -2.13. The Bertz CT molecular complexity index is 1530. The van der Waals surface area contributed by atoms with E-state index in [4.69, 9.17) is 0 Å². The van der Waals surface area contributed by atoms with Crippen molar-refractivity contribution in [1.82, 2.24) is 29.7 Å². The van der Waals surface area contributed by atoms with Gasteiger partial charge in [0.1, 0.15) is 5.69 Å². The number of hydrogen-bond donors (Lipinski definition) is 2. The van der Waals surface area contributed by atoms with Crippen LogP contribution in [0, 0.1) is 13.8 Å². The van der Waals surface area contributed by atoms with E-state index in [1.807, 2.05) is 56.6 Å². The van der Waals surface area contributed by atoms with E-state index in [0.717, 1.165) is 61.8 Å². The fourth-order valence-electron chi connectivity index (χ4n) is 4.16. The Kier molecular flexibility index (Phi) is 5.37. The van der Waals surface area contributed by atoms with E-state index in [2.05, 4.69) is 73.9 Å². The lowest BCUT2D eigenvalue weighted by atomic mass is 10.0. The van der Waals surface area contributed by atoms with Crippen LogP contribution in [0.5, 0.6) is 0 Å². The molecule has 0 amide bonds. The number of H-pyrrole nitrogens is 2. The van der Waals surface area contributed by atoms with Crippen LogP contribution in [0.15, 0.2) is 74.0 Å². The summed E-state index contributed by atoms with van der Waals surface area (Å²) in [6.45, 7) is 7.94. The smallest absolute Gasteiger partial charge is 0.116 e. The molecule has 0 aliphatic carbocycles. The molecule has 4 heterocycles. The normalized spacial score (nSPS) is 11.8. The molecule has 0 unspecified atom stereocenters. The van der Waals surface area contributed by atoms with E-state index >= 15 is 0 Å². The lowest BCUT2D eigenvalue weighted by Crippen LogP contribution is -2.08. The molecule has 170 valence electrons. The number of nitrogens with zero attached hydrogens (tertiary/aromatic N) is 5. The third-order valence-electron chi connectivity index (χ3n) is 5.95. The van der Waals surface area contributed by atoms with Gasteiger partial charge >= 0.3 is 0 Å². The Morgan fingerprint density at radius 3 is 2.68 bits per heavy atom. The van der Waals surface area contributed by atoms with Crippen molar-refractivity contribution in [3.8, 4) is 22.5 Å². The molecule has 0 bridgehead atoms. The van der Waals surface area contributed by atoms with Crippen molar-refractivity contribution in [2.75, 3.05) is 19.0 Å². The van der Waals surface area contributed by atoms with Crippen LogP contribution < -0.4 is 4.90 Å². The van der Waals surface area contributed by atoms with Gasteiger partial charge in [0.2, 0.25) is 0 Å². The molecule has 0 radical (unpaired) electrons. The molecule has 7 nitrogen and oxygen atoms in total. The quantitative estimate of drug-likeness (QED) is 0.332. The van der Waals surface area contributed by atoms with Crippen molar-refractivity contribution in [2.45, 2.75) is 13.8 Å². The summed E-state index contributed by atoms with van der Waals surface area (Å²) in [4.78, 5) is 14.4. The van der Waals surface area contributed by atoms with Crippen molar-refractivity contribution < 1.29 is 0 Å². The fraction of sp³-hybridized carbons (Fsp3) is 0.148. The highest BCUT2D eigenvalue weighted by Gasteiger charge is 2.16. The van der Waals surface area contributed by atoms with Crippen LogP contribution in [-0.2, 0) is 0 Å². The van der Waals surface area contributed by atoms with Gasteiger partial charge in [0.25, 0.3) is 0 Å². The second-order valence-corrected chi connectivity index (χ2v) is 8.59. The zero-order chi connectivity index (χ0) is 23.8. The molecule has 5 aromatic rings. The summed E-state index contributed by atoms with van der Waals surface area (Å²) in [6.07, 6.45) is 11.4. The molecule has 0 atom stereocenters. The first-order valence-electron chi connectivity index (χ1n) is 11.1. The summed E-state index contributed by atoms with van der Waals surface area (Å²) in [5, 5.41) is 8.87. The number of fused-ring (bicyclic) bond motifs is 1. The van der Waals surface area contributed by atoms with E-state index in [9.17, 15) is 0 Å². The van der Waals surface area contributed by atoms with E-state index in [0.29, 0.717) is 0 Å². The average molecular weight is 450 g/mol. The molecule has 0 aliphatic heterocycles. The van der Waals surface area contributed by atoms with Crippen LogP contribution in [0.4, 0.5) is 5.69 Å². The van der Waals surface area contributed by atoms with Crippen molar-refractivity contribution in [3.63, 3.8) is 0 Å². The average Bonchev–Trinajstić information content (AvgIpc) is 3.55. The highest BCUT2D eigenvalue weighted by atomic mass is 15.1. The maximum absolute atomic E-state index is 4.64. The molecule has 34 heavy (non-hydrogen) atoms. The topological polar surface area (TPSA) is 78.4 Å². The van der Waals surface area contributed by atoms with Crippen molar-refractivity contribution in [3.05, 3.63) is 90.9 Å². The van der Waals surface area contributed by atoms with Crippen molar-refractivity contribution in [1.29, 1.82) is 0 Å². The summed E-state index contributed by atoms with van der Waals surface area (Å²) in [6, 6.07) is 10.6. The van der Waals surface area contributed by atoms with Crippen molar-refractivity contribution >= 4 is 22.3 Å². The first-order valence-corrected chi connectivity index (χ1v) is 11.1. The van der Waals surface area contributed by atoms with Gasteiger partial charge in [-0.25, -0.2) is 4.98 Å². The number of benzene rings is 1. The number of pyridine rings is 1. The predicted octanol–water partition coefficient (Wildman–Crippen LogP) is 5.57. The molecular weight excluding hydrogens is 422 g/mol. The Labute approximate surface area is 198 Å². The van der Waals surface area contributed by atoms with Gasteiger partial charge in [0.05, 0.1) is 40.8 Å². The van der Waals surface area contributed by atoms with Crippen LogP contribution in [0.1, 0.15) is 17.0 Å². The van der Waals surface area contributed by atoms with Gasteiger partial charge in [-0.3, -0.25) is 10.1 Å². The predicted molar refractivity (Wildman–Crippen MR) is 139 cm³/mol. The summed E-state index contributed by atoms with van der Waals surface area (Å²) in [5.41, 5.74) is 10.1. The fourth-order valence-corrected chi connectivity index (χ4v) is 4.16. The number of aromatic nitrogens is 6. The molecule has 0 aliphatic rings. The third-order valence-corrected chi connectivity index (χ3v) is 5.95. The van der Waals surface area contributed by atoms with Gasteiger partial charge in [-0.2, -0.15) is 5.10 Å². The molecule has 0 fully saturated rings. The summed E-state index contributed by atoms with van der Waals surface area (Å²) >= 11 is 0. The highest BCUT2D eigenvalue weighted by Crippen LogP contribution is 2.33. The van der Waals surface area contributed by atoms with Gasteiger partial charge in [-0.15, -0.1) is 0 Å². The standard InChI is InChI=1S/C27H27N7/c1-6-7-26(34-15-17(2)29-16-34)22-12-25(30-18(22)3)27-23-11-19(8-9-24(23)31-32-27)20-10-21(33(4)5)14-28-13-20/h6-16,30H,1H2,2-5H3,(H,31,32)/b26-7+. The molecule has 5 rings (SSSR count). The zero-order valence-corrected chi connectivity index (χ0v) is 19.8. The second-order valence-electron chi connectivity index (χ2n) is 8.59. The van der Waals surface area contributed by atoms with E-state index in [1.54, 1.807) is 6.08 Å². The number of anilines is 1. The lowest BCUT2D eigenvalue weighted by molar-refractivity contribution is 1.08. The minimum Gasteiger partial charge on any atom is -0.376 e.